The molecule has 1 unspecified atom stereocenters. The number of aliphatic hydroxyl groups excluding tert-OH is 1. The van der Waals surface area contributed by atoms with Crippen LogP contribution in [0.1, 0.15) is 36.0 Å². The van der Waals surface area contributed by atoms with Gasteiger partial charge < -0.3 is 19.5 Å². The summed E-state index contributed by atoms with van der Waals surface area (Å²) in [5, 5.41) is 9.99. The molecule has 1 aromatic carbocycles. The molecular formula is C17H23NO4. The third kappa shape index (κ3) is 2.33. The van der Waals surface area contributed by atoms with Crippen LogP contribution >= 0.6 is 0 Å². The maximum atomic E-state index is 12.9. The van der Waals surface area contributed by atoms with Crippen molar-refractivity contribution in [1.82, 2.24) is 4.90 Å². The van der Waals surface area contributed by atoms with E-state index in [-0.39, 0.29) is 17.4 Å². The van der Waals surface area contributed by atoms with Crippen molar-refractivity contribution in [3.8, 4) is 11.5 Å². The van der Waals surface area contributed by atoms with Gasteiger partial charge in [0.2, 0.25) is 0 Å². The summed E-state index contributed by atoms with van der Waals surface area (Å²) in [6.45, 7) is 1.36. The SMILES string of the molecule is COc1cccc(OC)c1C(=O)N1CCC2(CCC2O)CC1. The van der Waals surface area contributed by atoms with Crippen LogP contribution < -0.4 is 9.47 Å². The number of likely N-dealkylation sites (tertiary alicyclic amines) is 1. The van der Waals surface area contributed by atoms with Crippen molar-refractivity contribution in [1.29, 1.82) is 0 Å². The van der Waals surface area contributed by atoms with Gasteiger partial charge in [-0.05, 0) is 43.2 Å². The molecule has 2 aliphatic rings. The number of hydrogen-bond acceptors (Lipinski definition) is 4. The zero-order valence-corrected chi connectivity index (χ0v) is 13.2. The molecule has 1 aliphatic carbocycles. The molecule has 0 bridgehead atoms. The summed E-state index contributed by atoms with van der Waals surface area (Å²) in [4.78, 5) is 14.7. The van der Waals surface area contributed by atoms with Crippen molar-refractivity contribution in [2.45, 2.75) is 31.8 Å². The van der Waals surface area contributed by atoms with E-state index >= 15 is 0 Å². The van der Waals surface area contributed by atoms with Gasteiger partial charge in [0, 0.05) is 13.1 Å². The highest BCUT2D eigenvalue weighted by Crippen LogP contribution is 2.49. The van der Waals surface area contributed by atoms with Crippen molar-refractivity contribution in [3.05, 3.63) is 23.8 Å². The predicted octanol–water partition coefficient (Wildman–Crippen LogP) is 2.08. The molecular weight excluding hydrogens is 282 g/mol. The van der Waals surface area contributed by atoms with Gasteiger partial charge in [0.1, 0.15) is 17.1 Å². The van der Waals surface area contributed by atoms with Gasteiger partial charge in [-0.1, -0.05) is 6.07 Å². The van der Waals surface area contributed by atoms with Gasteiger partial charge in [0.25, 0.3) is 5.91 Å². The molecule has 1 saturated carbocycles. The van der Waals surface area contributed by atoms with Gasteiger partial charge >= 0.3 is 0 Å². The molecule has 0 aromatic heterocycles. The van der Waals surface area contributed by atoms with Gasteiger partial charge in [-0.25, -0.2) is 0 Å². The molecule has 1 atom stereocenters. The highest BCUT2D eigenvalue weighted by molar-refractivity contribution is 5.99. The Balaban J connectivity index is 1.78. The van der Waals surface area contributed by atoms with Crippen LogP contribution in [0.15, 0.2) is 18.2 Å². The molecule has 1 aromatic rings. The van der Waals surface area contributed by atoms with E-state index in [2.05, 4.69) is 0 Å². The molecule has 22 heavy (non-hydrogen) atoms. The number of carbonyl (C=O) groups excluding carboxylic acids is 1. The van der Waals surface area contributed by atoms with Gasteiger partial charge in [-0.2, -0.15) is 0 Å². The number of carbonyl (C=O) groups is 1. The van der Waals surface area contributed by atoms with E-state index in [4.69, 9.17) is 9.47 Å². The van der Waals surface area contributed by atoms with Gasteiger partial charge in [0.05, 0.1) is 20.3 Å². The molecule has 2 fully saturated rings. The summed E-state index contributed by atoms with van der Waals surface area (Å²) in [6.07, 6.45) is 3.53. The summed E-state index contributed by atoms with van der Waals surface area (Å²) in [5.74, 6) is 1.01. The number of hydrogen-bond donors (Lipinski definition) is 1. The third-order valence-electron chi connectivity index (χ3n) is 5.31. The Morgan fingerprint density at radius 1 is 1.18 bits per heavy atom. The minimum absolute atomic E-state index is 0.0572. The van der Waals surface area contributed by atoms with E-state index in [1.807, 2.05) is 11.0 Å². The molecule has 1 amide bonds. The molecule has 1 heterocycles. The van der Waals surface area contributed by atoms with Gasteiger partial charge in [0.15, 0.2) is 0 Å². The van der Waals surface area contributed by atoms with E-state index in [9.17, 15) is 9.90 Å². The van der Waals surface area contributed by atoms with Crippen molar-refractivity contribution in [3.63, 3.8) is 0 Å². The zero-order valence-electron chi connectivity index (χ0n) is 13.2. The first kappa shape index (κ1) is 15.2. The van der Waals surface area contributed by atoms with Crippen LogP contribution in [-0.2, 0) is 0 Å². The smallest absolute Gasteiger partial charge is 0.261 e. The maximum absolute atomic E-state index is 12.9. The minimum atomic E-state index is -0.189. The topological polar surface area (TPSA) is 59.0 Å². The first-order chi connectivity index (χ1) is 10.6. The molecule has 1 spiro atoms. The average Bonchev–Trinajstić information content (AvgIpc) is 2.59. The number of benzene rings is 1. The number of amides is 1. The van der Waals surface area contributed by atoms with E-state index in [1.54, 1.807) is 26.4 Å². The second-order valence-corrected chi connectivity index (χ2v) is 6.25. The normalized spacial score (nSPS) is 23.0. The molecule has 3 rings (SSSR count). The summed E-state index contributed by atoms with van der Waals surface area (Å²) in [6, 6.07) is 5.36. The largest absolute Gasteiger partial charge is 0.496 e. The number of aliphatic hydroxyl groups is 1. The van der Waals surface area contributed by atoms with Crippen LogP contribution in [0, 0.1) is 5.41 Å². The van der Waals surface area contributed by atoms with Crippen LogP contribution in [0.5, 0.6) is 11.5 Å². The second kappa shape index (κ2) is 5.80. The predicted molar refractivity (Wildman–Crippen MR) is 82.4 cm³/mol. The highest BCUT2D eigenvalue weighted by Gasteiger charge is 2.48. The van der Waals surface area contributed by atoms with E-state index in [0.717, 1.165) is 25.7 Å². The van der Waals surface area contributed by atoms with Crippen LogP contribution in [0.25, 0.3) is 0 Å². The Morgan fingerprint density at radius 3 is 2.18 bits per heavy atom. The first-order valence-electron chi connectivity index (χ1n) is 7.79. The van der Waals surface area contributed by atoms with Crippen molar-refractivity contribution >= 4 is 5.91 Å². The van der Waals surface area contributed by atoms with E-state index < -0.39 is 0 Å². The number of nitrogens with zero attached hydrogens (tertiary/aromatic N) is 1. The zero-order chi connectivity index (χ0) is 15.7. The van der Waals surface area contributed by atoms with E-state index in [1.165, 1.54) is 0 Å². The lowest BCUT2D eigenvalue weighted by molar-refractivity contribution is -0.0952. The van der Waals surface area contributed by atoms with Crippen molar-refractivity contribution in [2.75, 3.05) is 27.3 Å². The Kier molecular flexibility index (Phi) is 4.00. The quantitative estimate of drug-likeness (QED) is 0.929. The molecule has 5 heteroatoms. The fourth-order valence-corrected chi connectivity index (χ4v) is 3.64. The van der Waals surface area contributed by atoms with Gasteiger partial charge in [-0.3, -0.25) is 4.79 Å². The Labute approximate surface area is 130 Å². The number of methoxy groups -OCH3 is 2. The molecule has 0 radical (unpaired) electrons. The van der Waals surface area contributed by atoms with Crippen LogP contribution in [-0.4, -0.2) is 49.3 Å². The lowest BCUT2D eigenvalue weighted by Crippen LogP contribution is -2.53. The van der Waals surface area contributed by atoms with Crippen molar-refractivity contribution in [2.24, 2.45) is 5.41 Å². The van der Waals surface area contributed by atoms with Crippen LogP contribution in [0.2, 0.25) is 0 Å². The first-order valence-corrected chi connectivity index (χ1v) is 7.79. The fourth-order valence-electron chi connectivity index (χ4n) is 3.64. The number of ether oxygens (including phenoxy) is 2. The Bertz CT molecular complexity index is 542. The summed E-state index contributed by atoms with van der Waals surface area (Å²) in [5.41, 5.74) is 0.541. The maximum Gasteiger partial charge on any atom is 0.261 e. The van der Waals surface area contributed by atoms with E-state index in [0.29, 0.717) is 30.2 Å². The summed E-state index contributed by atoms with van der Waals surface area (Å²) < 4.78 is 10.6. The highest BCUT2D eigenvalue weighted by atomic mass is 16.5. The Hall–Kier alpha value is -1.75. The number of rotatable bonds is 3. The van der Waals surface area contributed by atoms with Crippen LogP contribution in [0.4, 0.5) is 0 Å². The summed E-state index contributed by atoms with van der Waals surface area (Å²) in [7, 11) is 3.11. The second-order valence-electron chi connectivity index (χ2n) is 6.25. The van der Waals surface area contributed by atoms with Crippen LogP contribution in [0.3, 0.4) is 0 Å². The lowest BCUT2D eigenvalue weighted by atomic mass is 9.61. The monoisotopic (exact) mass is 305 g/mol. The van der Waals surface area contributed by atoms with Gasteiger partial charge in [-0.15, -0.1) is 0 Å². The third-order valence-corrected chi connectivity index (χ3v) is 5.31. The summed E-state index contributed by atoms with van der Waals surface area (Å²) >= 11 is 0. The molecule has 5 nitrogen and oxygen atoms in total. The molecule has 120 valence electrons. The molecule has 1 aliphatic heterocycles. The molecule has 1 saturated heterocycles. The van der Waals surface area contributed by atoms with Crippen molar-refractivity contribution < 1.29 is 19.4 Å². The molecule has 1 N–H and O–H groups in total. The lowest BCUT2D eigenvalue weighted by Gasteiger charge is -2.51. The number of piperidine rings is 1. The standard InChI is InChI=1S/C17H23NO4/c1-21-12-4-3-5-13(22-2)15(12)16(20)18-10-8-17(9-11-18)7-6-14(17)19/h3-5,14,19H,6-11H2,1-2H3. The average molecular weight is 305 g/mol. The fraction of sp³-hybridized carbons (Fsp3) is 0.588. The Morgan fingerprint density at radius 2 is 1.77 bits per heavy atom. The minimum Gasteiger partial charge on any atom is -0.496 e.